The van der Waals surface area contributed by atoms with Gasteiger partial charge in [0.2, 0.25) is 11.8 Å². The summed E-state index contributed by atoms with van der Waals surface area (Å²) < 4.78 is 5.37. The molecule has 162 valence electrons. The number of likely N-dealkylation sites (tertiary alicyclic amines) is 1. The van der Waals surface area contributed by atoms with E-state index in [2.05, 4.69) is 34.2 Å². The van der Waals surface area contributed by atoms with Gasteiger partial charge in [0.1, 0.15) is 0 Å². The quantitative estimate of drug-likeness (QED) is 0.774. The minimum atomic E-state index is -0.161. The molecule has 1 unspecified atom stereocenters. The second-order valence-corrected chi connectivity index (χ2v) is 8.51. The van der Waals surface area contributed by atoms with Crippen LogP contribution in [-0.4, -0.2) is 81.6 Å². The Hall–Kier alpha value is -2.16. The highest BCUT2D eigenvalue weighted by Gasteiger charge is 2.33. The summed E-state index contributed by atoms with van der Waals surface area (Å²) in [5.41, 5.74) is 0. The molecule has 3 heterocycles. The molecule has 0 bridgehead atoms. The number of hydrogen-bond acceptors (Lipinski definition) is 6. The molecule has 9 heteroatoms. The fraction of sp³-hybridized carbons (Fsp3) is 0.800. The fourth-order valence-electron chi connectivity index (χ4n) is 3.97. The highest BCUT2D eigenvalue weighted by molar-refractivity contribution is 5.76. The van der Waals surface area contributed by atoms with Crippen LogP contribution in [0.3, 0.4) is 0 Å². The van der Waals surface area contributed by atoms with Gasteiger partial charge >= 0.3 is 6.03 Å². The van der Waals surface area contributed by atoms with Crippen LogP contribution >= 0.6 is 0 Å². The number of carbonyl (C=O) groups excluding carboxylic acids is 2. The van der Waals surface area contributed by atoms with Crippen molar-refractivity contribution in [1.82, 2.24) is 30.2 Å². The number of carbonyl (C=O) groups is 2. The van der Waals surface area contributed by atoms with Gasteiger partial charge in [-0.05, 0) is 40.5 Å². The number of rotatable bonds is 6. The molecule has 0 aliphatic carbocycles. The van der Waals surface area contributed by atoms with E-state index < -0.39 is 0 Å². The molecule has 9 nitrogen and oxygen atoms in total. The zero-order valence-electron chi connectivity index (χ0n) is 18.1. The Kier molecular flexibility index (Phi) is 7.10. The van der Waals surface area contributed by atoms with Crippen LogP contribution in [0.4, 0.5) is 4.79 Å². The topological polar surface area (TPSA) is 94.8 Å². The molecule has 3 rings (SSSR count). The largest absolute Gasteiger partial charge is 0.340 e. The number of nitrogens with one attached hydrogen (secondary N) is 1. The summed E-state index contributed by atoms with van der Waals surface area (Å²) in [7, 11) is 0. The van der Waals surface area contributed by atoms with Gasteiger partial charge in [0, 0.05) is 57.6 Å². The summed E-state index contributed by atoms with van der Waals surface area (Å²) in [6.45, 7) is 12.3. The van der Waals surface area contributed by atoms with E-state index in [-0.39, 0.29) is 24.0 Å². The Morgan fingerprint density at radius 1 is 1.14 bits per heavy atom. The summed E-state index contributed by atoms with van der Waals surface area (Å²) in [5, 5.41) is 7.02. The summed E-state index contributed by atoms with van der Waals surface area (Å²) in [4.78, 5) is 35.4. The summed E-state index contributed by atoms with van der Waals surface area (Å²) >= 11 is 0. The van der Waals surface area contributed by atoms with E-state index >= 15 is 0 Å². The Balaban J connectivity index is 1.50. The van der Waals surface area contributed by atoms with Gasteiger partial charge in [-0.1, -0.05) is 5.16 Å². The third-order valence-electron chi connectivity index (χ3n) is 5.66. The lowest BCUT2D eigenvalue weighted by molar-refractivity contribution is -0.133. The van der Waals surface area contributed by atoms with Crippen LogP contribution in [-0.2, 0) is 11.2 Å². The third-order valence-corrected chi connectivity index (χ3v) is 5.66. The fourth-order valence-corrected chi connectivity index (χ4v) is 3.97. The molecule has 2 aliphatic rings. The predicted octanol–water partition coefficient (Wildman–Crippen LogP) is 1.81. The zero-order chi connectivity index (χ0) is 21.0. The van der Waals surface area contributed by atoms with Crippen molar-refractivity contribution in [2.24, 2.45) is 0 Å². The van der Waals surface area contributed by atoms with E-state index in [1.54, 1.807) is 4.90 Å². The Morgan fingerprint density at radius 2 is 1.86 bits per heavy atom. The molecule has 0 spiro atoms. The van der Waals surface area contributed by atoms with Crippen molar-refractivity contribution in [2.75, 3.05) is 32.7 Å². The molecule has 2 aliphatic heterocycles. The maximum atomic E-state index is 12.5. The summed E-state index contributed by atoms with van der Waals surface area (Å²) in [6, 6.07) is 0.343. The van der Waals surface area contributed by atoms with E-state index in [9.17, 15) is 9.59 Å². The van der Waals surface area contributed by atoms with Crippen LogP contribution in [0, 0.1) is 0 Å². The van der Waals surface area contributed by atoms with E-state index in [0.29, 0.717) is 37.1 Å². The van der Waals surface area contributed by atoms with Gasteiger partial charge in [-0.25, -0.2) is 4.79 Å². The van der Waals surface area contributed by atoms with E-state index in [1.807, 2.05) is 18.7 Å². The van der Waals surface area contributed by atoms with Crippen LogP contribution in [0.15, 0.2) is 4.52 Å². The molecular weight excluding hydrogens is 372 g/mol. The molecule has 29 heavy (non-hydrogen) atoms. The Morgan fingerprint density at radius 3 is 2.52 bits per heavy atom. The molecule has 1 aromatic heterocycles. The molecule has 0 aromatic carbocycles. The maximum absolute atomic E-state index is 12.5. The van der Waals surface area contributed by atoms with Gasteiger partial charge < -0.3 is 19.6 Å². The van der Waals surface area contributed by atoms with Crippen LogP contribution < -0.4 is 5.32 Å². The number of aryl methyl sites for hydroxylation is 1. The maximum Gasteiger partial charge on any atom is 0.318 e. The number of aromatic nitrogens is 2. The molecular formula is C20H34N6O3. The van der Waals surface area contributed by atoms with Crippen molar-refractivity contribution < 1.29 is 14.1 Å². The number of nitrogens with zero attached hydrogens (tertiary/aromatic N) is 5. The van der Waals surface area contributed by atoms with Gasteiger partial charge in [0.25, 0.3) is 0 Å². The molecule has 2 saturated heterocycles. The number of hydrogen-bond donors (Lipinski definition) is 1. The minimum absolute atomic E-state index is 0.0815. The van der Waals surface area contributed by atoms with Gasteiger partial charge in [-0.3, -0.25) is 9.69 Å². The third kappa shape index (κ3) is 5.46. The van der Waals surface area contributed by atoms with Gasteiger partial charge in [-0.2, -0.15) is 4.98 Å². The number of piperazine rings is 1. The van der Waals surface area contributed by atoms with Gasteiger partial charge in [0.15, 0.2) is 5.82 Å². The first-order valence-electron chi connectivity index (χ1n) is 10.8. The van der Waals surface area contributed by atoms with E-state index in [1.165, 1.54) is 0 Å². The van der Waals surface area contributed by atoms with Crippen LogP contribution in [0.2, 0.25) is 0 Å². The molecule has 1 aromatic rings. The lowest BCUT2D eigenvalue weighted by Gasteiger charge is -2.36. The zero-order valence-corrected chi connectivity index (χ0v) is 18.1. The second-order valence-electron chi connectivity index (χ2n) is 8.51. The highest BCUT2D eigenvalue weighted by Crippen LogP contribution is 2.30. The van der Waals surface area contributed by atoms with E-state index in [4.69, 9.17) is 4.52 Å². The van der Waals surface area contributed by atoms with Crippen molar-refractivity contribution in [2.45, 2.75) is 71.5 Å². The molecule has 0 saturated carbocycles. The smallest absolute Gasteiger partial charge is 0.318 e. The summed E-state index contributed by atoms with van der Waals surface area (Å²) in [6.07, 6.45) is 2.54. The predicted molar refractivity (Wildman–Crippen MR) is 108 cm³/mol. The van der Waals surface area contributed by atoms with Gasteiger partial charge in [-0.15, -0.1) is 0 Å². The SMILES string of the molecule is CC(C)NC(=O)N1CCCC1c1noc(CCC(=O)N2CCN(C(C)C)CC2)n1. The molecule has 0 radical (unpaired) electrons. The highest BCUT2D eigenvalue weighted by atomic mass is 16.5. The lowest BCUT2D eigenvalue weighted by atomic mass is 10.2. The first-order valence-corrected chi connectivity index (χ1v) is 10.8. The normalized spacial score (nSPS) is 20.7. The monoisotopic (exact) mass is 406 g/mol. The summed E-state index contributed by atoms with van der Waals surface area (Å²) in [5.74, 6) is 1.13. The van der Waals surface area contributed by atoms with Crippen molar-refractivity contribution in [1.29, 1.82) is 0 Å². The molecule has 3 amide bonds. The van der Waals surface area contributed by atoms with Crippen molar-refractivity contribution in [3.8, 4) is 0 Å². The average Bonchev–Trinajstić information content (AvgIpc) is 3.34. The van der Waals surface area contributed by atoms with Crippen molar-refractivity contribution in [3.05, 3.63) is 11.7 Å². The van der Waals surface area contributed by atoms with E-state index in [0.717, 1.165) is 39.0 Å². The van der Waals surface area contributed by atoms with Crippen molar-refractivity contribution >= 4 is 11.9 Å². The van der Waals surface area contributed by atoms with Crippen LogP contribution in [0.5, 0.6) is 0 Å². The second kappa shape index (κ2) is 9.56. The number of urea groups is 1. The standard InChI is InChI=1S/C20H34N6O3/c1-14(2)21-20(28)26-9-5-6-16(26)19-22-17(29-23-19)7-8-18(27)25-12-10-24(11-13-25)15(3)4/h14-16H,5-13H2,1-4H3,(H,21,28). The minimum Gasteiger partial charge on any atom is -0.340 e. The molecule has 2 fully saturated rings. The van der Waals surface area contributed by atoms with Crippen molar-refractivity contribution in [3.63, 3.8) is 0 Å². The first kappa shape index (κ1) is 21.5. The Bertz CT molecular complexity index is 696. The molecule has 1 N–H and O–H groups in total. The van der Waals surface area contributed by atoms with Crippen LogP contribution in [0.1, 0.15) is 64.7 Å². The molecule has 1 atom stereocenters. The van der Waals surface area contributed by atoms with Crippen LogP contribution in [0.25, 0.3) is 0 Å². The number of amides is 3. The lowest BCUT2D eigenvalue weighted by Crippen LogP contribution is -2.50. The first-order chi connectivity index (χ1) is 13.8. The average molecular weight is 407 g/mol. The van der Waals surface area contributed by atoms with Gasteiger partial charge in [0.05, 0.1) is 6.04 Å². The Labute approximate surface area is 172 Å².